The lowest BCUT2D eigenvalue weighted by atomic mass is 10.0. The van der Waals surface area contributed by atoms with Crippen molar-refractivity contribution in [1.82, 2.24) is 10.2 Å². The highest BCUT2D eigenvalue weighted by Gasteiger charge is 2.25. The third kappa shape index (κ3) is 5.60. The van der Waals surface area contributed by atoms with Gasteiger partial charge in [-0.2, -0.15) is 5.26 Å². The van der Waals surface area contributed by atoms with Gasteiger partial charge in [0.05, 0.1) is 25.1 Å². The standard InChI is InChI=1S/C15H20BrN3O.2ClH/c1-2-20-15-4-3-12(16)11-13(15)14(5-6-17)19-9-7-18-8-10-19;;/h3-4,11,14,18H,2,5,7-10H2,1H3;2*1H/t14-;;/m0../s1. The third-order valence-corrected chi connectivity index (χ3v) is 4.00. The van der Waals surface area contributed by atoms with E-state index in [2.05, 4.69) is 38.3 Å². The molecule has 2 rings (SSSR count). The first kappa shape index (κ1) is 21.5. The summed E-state index contributed by atoms with van der Waals surface area (Å²) in [4.78, 5) is 2.37. The molecule has 0 aliphatic carbocycles. The molecule has 0 unspecified atom stereocenters. The Morgan fingerprint density at radius 1 is 1.36 bits per heavy atom. The van der Waals surface area contributed by atoms with Gasteiger partial charge in [0.1, 0.15) is 5.75 Å². The van der Waals surface area contributed by atoms with E-state index < -0.39 is 0 Å². The Bertz CT molecular complexity index is 490. The Hall–Kier alpha value is -0.510. The molecule has 7 heteroatoms. The largest absolute Gasteiger partial charge is 0.494 e. The van der Waals surface area contributed by atoms with Crippen LogP contribution in [0, 0.1) is 11.3 Å². The van der Waals surface area contributed by atoms with Crippen molar-refractivity contribution < 1.29 is 4.74 Å². The highest BCUT2D eigenvalue weighted by atomic mass is 79.9. The van der Waals surface area contributed by atoms with Gasteiger partial charge >= 0.3 is 0 Å². The van der Waals surface area contributed by atoms with Crippen molar-refractivity contribution in [1.29, 1.82) is 5.26 Å². The summed E-state index contributed by atoms with van der Waals surface area (Å²) in [6.07, 6.45) is 0.483. The average Bonchev–Trinajstić information content (AvgIpc) is 2.48. The molecule has 22 heavy (non-hydrogen) atoms. The van der Waals surface area contributed by atoms with Gasteiger partial charge in [-0.25, -0.2) is 0 Å². The lowest BCUT2D eigenvalue weighted by Crippen LogP contribution is -2.45. The number of rotatable bonds is 5. The fourth-order valence-electron chi connectivity index (χ4n) is 2.58. The molecule has 124 valence electrons. The van der Waals surface area contributed by atoms with Crippen LogP contribution in [0.3, 0.4) is 0 Å². The number of halogens is 3. The highest BCUT2D eigenvalue weighted by molar-refractivity contribution is 9.10. The first-order chi connectivity index (χ1) is 9.76. The SMILES string of the molecule is CCOc1ccc(Br)cc1[C@H](CC#N)N1CCNCC1.Cl.Cl. The molecular weight excluding hydrogens is 389 g/mol. The number of ether oxygens (including phenoxy) is 1. The number of nitriles is 1. The molecule has 0 aromatic heterocycles. The molecule has 1 aliphatic heterocycles. The normalized spacial score (nSPS) is 15.9. The molecule has 1 fully saturated rings. The molecule has 1 saturated heterocycles. The zero-order valence-corrected chi connectivity index (χ0v) is 15.8. The maximum atomic E-state index is 9.17. The van der Waals surface area contributed by atoms with Gasteiger partial charge in [-0.1, -0.05) is 15.9 Å². The van der Waals surface area contributed by atoms with E-state index in [0.717, 1.165) is 42.0 Å². The Balaban J connectivity index is 0.00000220. The Morgan fingerprint density at radius 3 is 2.64 bits per heavy atom. The fraction of sp³-hybridized carbons (Fsp3) is 0.533. The second kappa shape index (κ2) is 11.1. The molecule has 1 heterocycles. The Morgan fingerprint density at radius 2 is 2.05 bits per heavy atom. The van der Waals surface area contributed by atoms with Crippen LogP contribution in [0.15, 0.2) is 22.7 Å². The van der Waals surface area contributed by atoms with Crippen LogP contribution in [0.1, 0.15) is 24.9 Å². The van der Waals surface area contributed by atoms with Crippen molar-refractivity contribution in [3.05, 3.63) is 28.2 Å². The van der Waals surface area contributed by atoms with Gasteiger partial charge in [-0.05, 0) is 25.1 Å². The first-order valence-electron chi connectivity index (χ1n) is 7.00. The van der Waals surface area contributed by atoms with E-state index in [-0.39, 0.29) is 30.9 Å². The van der Waals surface area contributed by atoms with Crippen LogP contribution in [0.4, 0.5) is 0 Å². The molecule has 1 aliphatic rings. The van der Waals surface area contributed by atoms with Crippen molar-refractivity contribution in [2.75, 3.05) is 32.8 Å². The molecule has 0 amide bonds. The predicted octanol–water partition coefficient (Wildman–Crippen LogP) is 3.55. The van der Waals surface area contributed by atoms with Gasteiger partial charge in [0.15, 0.2) is 0 Å². The monoisotopic (exact) mass is 409 g/mol. The Labute approximate surface area is 153 Å². The van der Waals surface area contributed by atoms with Crippen molar-refractivity contribution in [2.24, 2.45) is 0 Å². The summed E-state index contributed by atoms with van der Waals surface area (Å²) in [5.41, 5.74) is 1.10. The first-order valence-corrected chi connectivity index (χ1v) is 7.79. The van der Waals surface area contributed by atoms with E-state index in [1.165, 1.54) is 0 Å². The summed E-state index contributed by atoms with van der Waals surface area (Å²) in [6.45, 7) is 6.49. The van der Waals surface area contributed by atoms with Gasteiger partial charge in [0, 0.05) is 36.2 Å². The molecule has 1 N–H and O–H groups in total. The summed E-state index contributed by atoms with van der Waals surface area (Å²) < 4.78 is 6.76. The minimum absolute atomic E-state index is 0. The van der Waals surface area contributed by atoms with Crippen LogP contribution < -0.4 is 10.1 Å². The topological polar surface area (TPSA) is 48.3 Å². The number of piperazine rings is 1. The molecule has 1 aromatic rings. The molecule has 1 atom stereocenters. The second-order valence-electron chi connectivity index (χ2n) is 4.78. The molecular formula is C15H22BrCl2N3O. The van der Waals surface area contributed by atoms with Gasteiger partial charge in [0.2, 0.25) is 0 Å². The van der Waals surface area contributed by atoms with E-state index >= 15 is 0 Å². The molecule has 0 saturated carbocycles. The summed E-state index contributed by atoms with van der Waals surface area (Å²) in [6, 6.07) is 8.46. The van der Waals surface area contributed by atoms with Gasteiger partial charge in [-0.3, -0.25) is 4.90 Å². The van der Waals surface area contributed by atoms with E-state index in [9.17, 15) is 5.26 Å². The van der Waals surface area contributed by atoms with Crippen molar-refractivity contribution >= 4 is 40.7 Å². The van der Waals surface area contributed by atoms with E-state index in [1.54, 1.807) is 0 Å². The summed E-state index contributed by atoms with van der Waals surface area (Å²) in [5, 5.41) is 12.5. The van der Waals surface area contributed by atoms with Crippen LogP contribution in [0.25, 0.3) is 0 Å². The molecule has 4 nitrogen and oxygen atoms in total. The third-order valence-electron chi connectivity index (χ3n) is 3.51. The lowest BCUT2D eigenvalue weighted by Gasteiger charge is -2.34. The van der Waals surface area contributed by atoms with Crippen LogP contribution >= 0.6 is 40.7 Å². The summed E-state index contributed by atoms with van der Waals surface area (Å²) >= 11 is 3.52. The lowest BCUT2D eigenvalue weighted by molar-refractivity contribution is 0.171. The van der Waals surface area contributed by atoms with Crippen LogP contribution in [-0.4, -0.2) is 37.7 Å². The zero-order chi connectivity index (χ0) is 14.4. The summed E-state index contributed by atoms with van der Waals surface area (Å²) in [5.74, 6) is 0.884. The van der Waals surface area contributed by atoms with Crippen LogP contribution in [0.2, 0.25) is 0 Å². The second-order valence-corrected chi connectivity index (χ2v) is 5.69. The number of benzene rings is 1. The number of nitrogens with zero attached hydrogens (tertiary/aromatic N) is 2. The molecule has 0 spiro atoms. The van der Waals surface area contributed by atoms with Gasteiger partial charge in [-0.15, -0.1) is 24.8 Å². The number of hydrogen-bond donors (Lipinski definition) is 1. The van der Waals surface area contributed by atoms with Crippen LogP contribution in [-0.2, 0) is 0 Å². The average molecular weight is 411 g/mol. The quantitative estimate of drug-likeness (QED) is 0.806. The highest BCUT2D eigenvalue weighted by Crippen LogP contribution is 2.34. The van der Waals surface area contributed by atoms with Crippen LogP contribution in [0.5, 0.6) is 5.75 Å². The number of nitrogens with one attached hydrogen (secondary N) is 1. The smallest absolute Gasteiger partial charge is 0.124 e. The van der Waals surface area contributed by atoms with Gasteiger partial charge < -0.3 is 10.1 Å². The van der Waals surface area contributed by atoms with E-state index in [0.29, 0.717) is 13.0 Å². The molecule has 1 aromatic carbocycles. The Kier molecular flexibility index (Phi) is 10.8. The minimum atomic E-state index is 0. The fourth-order valence-corrected chi connectivity index (χ4v) is 2.96. The maximum absolute atomic E-state index is 9.17. The van der Waals surface area contributed by atoms with Crippen molar-refractivity contribution in [3.63, 3.8) is 0 Å². The zero-order valence-electron chi connectivity index (χ0n) is 12.5. The van der Waals surface area contributed by atoms with Crippen molar-refractivity contribution in [2.45, 2.75) is 19.4 Å². The summed E-state index contributed by atoms with van der Waals surface area (Å²) in [7, 11) is 0. The maximum Gasteiger partial charge on any atom is 0.124 e. The predicted molar refractivity (Wildman–Crippen MR) is 97.2 cm³/mol. The molecule has 0 radical (unpaired) electrons. The van der Waals surface area contributed by atoms with E-state index in [1.807, 2.05) is 19.1 Å². The van der Waals surface area contributed by atoms with Gasteiger partial charge in [0.25, 0.3) is 0 Å². The van der Waals surface area contributed by atoms with E-state index in [4.69, 9.17) is 4.74 Å². The number of hydrogen-bond acceptors (Lipinski definition) is 4. The molecule has 0 bridgehead atoms. The van der Waals surface area contributed by atoms with Crippen molar-refractivity contribution in [3.8, 4) is 11.8 Å². The minimum Gasteiger partial charge on any atom is -0.494 e.